The molecule has 2 aliphatic carbocycles. The van der Waals surface area contributed by atoms with Crippen LogP contribution in [0.1, 0.15) is 25.7 Å². The maximum Gasteiger partial charge on any atom is 0.195 e. The second-order valence-electron chi connectivity index (χ2n) is 4.34. The molecule has 0 radical (unpaired) electrons. The molecule has 0 aromatic carbocycles. The van der Waals surface area contributed by atoms with Crippen molar-refractivity contribution in [3.05, 3.63) is 0 Å². The van der Waals surface area contributed by atoms with Crippen molar-refractivity contribution in [2.75, 3.05) is 0 Å². The number of fused-ring (bicyclic) bond motifs is 2. The minimum atomic E-state index is -0.175. The van der Waals surface area contributed by atoms with Crippen molar-refractivity contribution in [3.8, 4) is 0 Å². The fourth-order valence-electron chi connectivity index (χ4n) is 2.78. The van der Waals surface area contributed by atoms with E-state index < -0.39 is 0 Å². The van der Waals surface area contributed by atoms with Crippen LogP contribution in [0.25, 0.3) is 0 Å². The highest BCUT2D eigenvalue weighted by molar-refractivity contribution is 5.94. The van der Waals surface area contributed by atoms with Gasteiger partial charge < -0.3 is 11.1 Å². The molecule has 5 heteroatoms. The van der Waals surface area contributed by atoms with E-state index in [0.29, 0.717) is 6.04 Å². The van der Waals surface area contributed by atoms with Crippen LogP contribution in [0.15, 0.2) is 0 Å². The van der Waals surface area contributed by atoms with Gasteiger partial charge in [-0.25, -0.2) is 0 Å². The van der Waals surface area contributed by atoms with Crippen LogP contribution in [0.5, 0.6) is 0 Å². The lowest BCUT2D eigenvalue weighted by atomic mass is 9.95. The monoisotopic (exact) mass is 195 g/mol. The van der Waals surface area contributed by atoms with Crippen LogP contribution in [0, 0.1) is 22.7 Å². The lowest BCUT2D eigenvalue weighted by Crippen LogP contribution is -2.48. The second-order valence-corrected chi connectivity index (χ2v) is 4.34. The molecule has 0 amide bonds. The normalized spacial score (nSPS) is 34.1. The molecule has 78 valence electrons. The van der Waals surface area contributed by atoms with Crippen molar-refractivity contribution in [3.63, 3.8) is 0 Å². The van der Waals surface area contributed by atoms with E-state index in [2.05, 4.69) is 10.6 Å². The molecule has 0 aromatic rings. The number of guanidine groups is 2. The summed E-state index contributed by atoms with van der Waals surface area (Å²) in [6, 6.07) is 0.424. The fourth-order valence-corrected chi connectivity index (χ4v) is 2.78. The zero-order chi connectivity index (χ0) is 10.1. The van der Waals surface area contributed by atoms with Crippen molar-refractivity contribution in [2.45, 2.75) is 31.7 Å². The van der Waals surface area contributed by atoms with Crippen LogP contribution in [-0.2, 0) is 0 Å². The lowest BCUT2D eigenvalue weighted by Gasteiger charge is -2.24. The molecule has 3 unspecified atom stereocenters. The maximum absolute atomic E-state index is 7.52. The van der Waals surface area contributed by atoms with Crippen LogP contribution in [0.3, 0.4) is 0 Å². The van der Waals surface area contributed by atoms with Crippen molar-refractivity contribution in [1.82, 2.24) is 10.6 Å². The molecule has 3 atom stereocenters. The van der Waals surface area contributed by atoms with Gasteiger partial charge in [-0.05, 0) is 31.1 Å². The summed E-state index contributed by atoms with van der Waals surface area (Å²) >= 11 is 0. The molecule has 0 heterocycles. The Bertz CT molecular complexity index is 262. The smallest absolute Gasteiger partial charge is 0.195 e. The van der Waals surface area contributed by atoms with E-state index in [0.717, 1.165) is 11.8 Å². The Labute approximate surface area is 83.5 Å². The minimum absolute atomic E-state index is 0.162. The highest BCUT2D eigenvalue weighted by Gasteiger charge is 2.39. The molecular weight excluding hydrogens is 178 g/mol. The van der Waals surface area contributed by atoms with E-state index in [1.165, 1.54) is 25.7 Å². The third-order valence-corrected chi connectivity index (χ3v) is 3.33. The van der Waals surface area contributed by atoms with E-state index in [9.17, 15) is 0 Å². The van der Waals surface area contributed by atoms with Crippen LogP contribution in [0.4, 0.5) is 0 Å². The zero-order valence-corrected chi connectivity index (χ0v) is 8.14. The summed E-state index contributed by atoms with van der Waals surface area (Å²) in [6.45, 7) is 0. The molecule has 2 aliphatic rings. The molecule has 6 N–H and O–H groups in total. The summed E-state index contributed by atoms with van der Waals surface area (Å²) in [4.78, 5) is 0. The SMILES string of the molecule is N=C(N)NC(=N)NC1CC2CCC1C2. The van der Waals surface area contributed by atoms with Gasteiger partial charge in [0.15, 0.2) is 11.9 Å². The number of nitrogens with two attached hydrogens (primary N) is 1. The molecular formula is C9H17N5. The predicted molar refractivity (Wildman–Crippen MR) is 55.1 cm³/mol. The van der Waals surface area contributed by atoms with Gasteiger partial charge in [0.05, 0.1) is 0 Å². The minimum Gasteiger partial charge on any atom is -0.370 e. The van der Waals surface area contributed by atoms with E-state index in [4.69, 9.17) is 16.6 Å². The molecule has 2 saturated carbocycles. The van der Waals surface area contributed by atoms with Gasteiger partial charge in [0.2, 0.25) is 0 Å². The molecule has 2 bridgehead atoms. The first-order valence-electron chi connectivity index (χ1n) is 5.11. The number of hydrogen-bond donors (Lipinski definition) is 5. The van der Waals surface area contributed by atoms with Gasteiger partial charge in [-0.3, -0.25) is 16.1 Å². The molecule has 14 heavy (non-hydrogen) atoms. The Morgan fingerprint density at radius 2 is 2.00 bits per heavy atom. The molecule has 0 saturated heterocycles. The molecule has 5 nitrogen and oxygen atoms in total. The van der Waals surface area contributed by atoms with E-state index in [-0.39, 0.29) is 11.9 Å². The van der Waals surface area contributed by atoms with Crippen LogP contribution in [0.2, 0.25) is 0 Å². The van der Waals surface area contributed by atoms with Gasteiger partial charge in [0.1, 0.15) is 0 Å². The average molecular weight is 195 g/mol. The Kier molecular flexibility index (Phi) is 2.31. The Balaban J connectivity index is 1.81. The lowest BCUT2D eigenvalue weighted by molar-refractivity contribution is 0.388. The van der Waals surface area contributed by atoms with Gasteiger partial charge in [-0.1, -0.05) is 6.42 Å². The highest BCUT2D eigenvalue weighted by atomic mass is 15.2. The summed E-state index contributed by atoms with van der Waals surface area (Å²) in [5.41, 5.74) is 5.13. The molecule has 0 spiro atoms. The molecule has 0 aliphatic heterocycles. The molecule has 2 rings (SSSR count). The zero-order valence-electron chi connectivity index (χ0n) is 8.14. The standard InChI is InChI=1S/C9H17N5/c10-8(11)14-9(12)13-7-4-5-1-2-6(7)3-5/h5-7H,1-4H2,(H6,10,11,12,13,14). The Morgan fingerprint density at radius 3 is 2.50 bits per heavy atom. The third kappa shape index (κ3) is 1.81. The van der Waals surface area contributed by atoms with Gasteiger partial charge in [-0.2, -0.15) is 0 Å². The highest BCUT2D eigenvalue weighted by Crippen LogP contribution is 2.44. The summed E-state index contributed by atoms with van der Waals surface area (Å²) in [6.07, 6.45) is 5.13. The van der Waals surface area contributed by atoms with Gasteiger partial charge in [0.25, 0.3) is 0 Å². The summed E-state index contributed by atoms with van der Waals surface area (Å²) in [5.74, 6) is 1.58. The predicted octanol–water partition coefficient (Wildman–Crippen LogP) is 0.182. The first kappa shape index (κ1) is 9.30. The van der Waals surface area contributed by atoms with Crippen LogP contribution < -0.4 is 16.4 Å². The topological polar surface area (TPSA) is 97.8 Å². The molecule has 0 aromatic heterocycles. The van der Waals surface area contributed by atoms with E-state index >= 15 is 0 Å². The van der Waals surface area contributed by atoms with E-state index in [1.807, 2.05) is 0 Å². The summed E-state index contributed by atoms with van der Waals surface area (Å²) in [7, 11) is 0. The number of rotatable bonds is 1. The largest absolute Gasteiger partial charge is 0.370 e. The molecule has 2 fully saturated rings. The van der Waals surface area contributed by atoms with Gasteiger partial charge in [0, 0.05) is 6.04 Å². The third-order valence-electron chi connectivity index (χ3n) is 3.33. The summed E-state index contributed by atoms with van der Waals surface area (Å²) < 4.78 is 0. The van der Waals surface area contributed by atoms with Crippen molar-refractivity contribution >= 4 is 11.9 Å². The first-order valence-corrected chi connectivity index (χ1v) is 5.11. The Morgan fingerprint density at radius 1 is 1.21 bits per heavy atom. The number of nitrogens with one attached hydrogen (secondary N) is 4. The van der Waals surface area contributed by atoms with Crippen LogP contribution >= 0.6 is 0 Å². The quantitative estimate of drug-likeness (QED) is 0.305. The first-order chi connectivity index (χ1) is 6.65. The van der Waals surface area contributed by atoms with Gasteiger partial charge >= 0.3 is 0 Å². The van der Waals surface area contributed by atoms with Gasteiger partial charge in [-0.15, -0.1) is 0 Å². The van der Waals surface area contributed by atoms with Crippen molar-refractivity contribution in [1.29, 1.82) is 10.8 Å². The Hall–Kier alpha value is -1.26. The number of hydrogen-bond acceptors (Lipinski definition) is 2. The maximum atomic E-state index is 7.52. The second kappa shape index (κ2) is 3.48. The average Bonchev–Trinajstić information content (AvgIpc) is 2.62. The van der Waals surface area contributed by atoms with Crippen LogP contribution in [-0.4, -0.2) is 18.0 Å². The van der Waals surface area contributed by atoms with Crippen molar-refractivity contribution in [2.24, 2.45) is 17.6 Å². The summed E-state index contributed by atoms with van der Waals surface area (Å²) in [5, 5.41) is 20.1. The van der Waals surface area contributed by atoms with Crippen molar-refractivity contribution < 1.29 is 0 Å². The van der Waals surface area contributed by atoms with E-state index in [1.54, 1.807) is 0 Å². The fraction of sp³-hybridized carbons (Fsp3) is 0.778.